The maximum atomic E-state index is 13.3. The maximum absolute atomic E-state index is 13.3. The Balaban J connectivity index is 1.95. The highest BCUT2D eigenvalue weighted by molar-refractivity contribution is 5.75. The van der Waals surface area contributed by atoms with Crippen LogP contribution < -0.4 is 21.4 Å². The molecule has 0 aliphatic heterocycles. The smallest absolute Gasteiger partial charge is 0.354 e. The molecule has 2 aromatic rings. The van der Waals surface area contributed by atoms with Gasteiger partial charge in [0.15, 0.2) is 0 Å². The molecule has 1 aliphatic rings. The number of aromatic nitrogens is 3. The molecular formula is C25H36N4O4. The average Bonchev–Trinajstić information content (AvgIpc) is 2.73. The van der Waals surface area contributed by atoms with Gasteiger partial charge in [0.1, 0.15) is 11.5 Å². The van der Waals surface area contributed by atoms with Crippen molar-refractivity contribution < 1.29 is 9.53 Å². The molecule has 0 bridgehead atoms. The first kappa shape index (κ1) is 24.7. The fourth-order valence-electron chi connectivity index (χ4n) is 4.26. The van der Waals surface area contributed by atoms with Crippen molar-refractivity contribution in [2.75, 3.05) is 5.32 Å². The van der Waals surface area contributed by atoms with Crippen LogP contribution in [0.3, 0.4) is 0 Å². The lowest BCUT2D eigenvalue weighted by molar-refractivity contribution is -0.117. The minimum atomic E-state index is -0.645. The molecule has 1 N–H and O–H groups in total. The summed E-state index contributed by atoms with van der Waals surface area (Å²) in [6.07, 6.45) is 4.54. The van der Waals surface area contributed by atoms with Gasteiger partial charge in [0.25, 0.3) is 0 Å². The summed E-state index contributed by atoms with van der Waals surface area (Å²) in [6, 6.07) is 5.64. The third kappa shape index (κ3) is 6.55. The second-order valence-corrected chi connectivity index (χ2v) is 9.61. The van der Waals surface area contributed by atoms with Crippen LogP contribution in [0.25, 0.3) is 0 Å². The summed E-state index contributed by atoms with van der Waals surface area (Å²) < 4.78 is 8.44. The van der Waals surface area contributed by atoms with E-state index in [4.69, 9.17) is 4.74 Å². The van der Waals surface area contributed by atoms with Gasteiger partial charge in [-0.05, 0) is 76.1 Å². The Kier molecular flexibility index (Phi) is 8.10. The van der Waals surface area contributed by atoms with Crippen LogP contribution >= 0.6 is 0 Å². The highest BCUT2D eigenvalue weighted by atomic mass is 16.5. The standard InChI is InChI=1S/C25H36N4O4/c1-16(2)33-22-11-10-21(14-18(22)4)26-23-27-24(31)28(13-12-19(5)30)25(32)29(23)15-20-8-6-17(3)7-9-20/h10-11,14,16-17,20H,6-9,12-13,15H2,1-5H3,(H,26,27,31). The fraction of sp³-hybridized carbons (Fsp3) is 0.600. The number of hydrogen-bond donors (Lipinski definition) is 1. The number of aryl methyl sites for hydroxylation is 1. The Morgan fingerprint density at radius 3 is 2.48 bits per heavy atom. The molecule has 1 aliphatic carbocycles. The molecule has 1 aromatic heterocycles. The minimum absolute atomic E-state index is 0.0440. The summed E-state index contributed by atoms with van der Waals surface area (Å²) in [5, 5.41) is 3.18. The van der Waals surface area contributed by atoms with Gasteiger partial charge in [0.05, 0.1) is 6.10 Å². The van der Waals surface area contributed by atoms with Crippen molar-refractivity contribution in [1.29, 1.82) is 0 Å². The highest BCUT2D eigenvalue weighted by Gasteiger charge is 2.22. The van der Waals surface area contributed by atoms with Crippen LogP contribution in [0.15, 0.2) is 27.8 Å². The molecule has 0 atom stereocenters. The van der Waals surface area contributed by atoms with Crippen LogP contribution in [0.4, 0.5) is 11.6 Å². The normalized spacial score (nSPS) is 18.4. The van der Waals surface area contributed by atoms with E-state index in [1.807, 2.05) is 39.0 Å². The monoisotopic (exact) mass is 456 g/mol. The quantitative estimate of drug-likeness (QED) is 0.612. The van der Waals surface area contributed by atoms with Crippen LogP contribution in [0.1, 0.15) is 65.4 Å². The molecule has 1 aromatic carbocycles. The van der Waals surface area contributed by atoms with Gasteiger partial charge < -0.3 is 10.1 Å². The number of Topliss-reactive ketones (excluding diaryl/α,β-unsaturated/α-hetero) is 1. The van der Waals surface area contributed by atoms with Crippen LogP contribution in [0.5, 0.6) is 5.75 Å². The molecule has 3 rings (SSSR count). The van der Waals surface area contributed by atoms with Crippen LogP contribution in [-0.2, 0) is 17.9 Å². The number of benzene rings is 1. The second kappa shape index (κ2) is 10.8. The maximum Gasteiger partial charge on any atom is 0.354 e. The molecule has 0 amide bonds. The molecule has 0 unspecified atom stereocenters. The lowest BCUT2D eigenvalue weighted by Crippen LogP contribution is -2.43. The van der Waals surface area contributed by atoms with E-state index < -0.39 is 11.4 Å². The molecule has 1 fully saturated rings. The first-order valence-corrected chi connectivity index (χ1v) is 11.9. The number of carbonyl (C=O) groups excluding carboxylic acids is 1. The van der Waals surface area contributed by atoms with Crippen molar-refractivity contribution in [3.8, 4) is 5.75 Å². The lowest BCUT2D eigenvalue weighted by atomic mass is 9.83. The van der Waals surface area contributed by atoms with Crippen molar-refractivity contribution in [2.45, 2.75) is 85.9 Å². The van der Waals surface area contributed by atoms with E-state index in [-0.39, 0.29) is 30.8 Å². The van der Waals surface area contributed by atoms with Crippen LogP contribution in [0, 0.1) is 18.8 Å². The van der Waals surface area contributed by atoms with Crippen molar-refractivity contribution in [2.24, 2.45) is 11.8 Å². The first-order chi connectivity index (χ1) is 15.6. The van der Waals surface area contributed by atoms with Gasteiger partial charge in [-0.3, -0.25) is 9.36 Å². The van der Waals surface area contributed by atoms with Gasteiger partial charge in [-0.15, -0.1) is 0 Å². The van der Waals surface area contributed by atoms with Gasteiger partial charge in [-0.25, -0.2) is 14.2 Å². The first-order valence-electron chi connectivity index (χ1n) is 11.9. The SMILES string of the molecule is CC(=O)CCn1c(=O)nc(Nc2ccc(OC(C)C)c(C)c2)n(CC2CCC(C)CC2)c1=O. The summed E-state index contributed by atoms with van der Waals surface area (Å²) in [5.74, 6) is 2.00. The highest BCUT2D eigenvalue weighted by Crippen LogP contribution is 2.30. The van der Waals surface area contributed by atoms with Crippen molar-refractivity contribution in [3.05, 3.63) is 44.7 Å². The number of ketones is 1. The van der Waals surface area contributed by atoms with Crippen molar-refractivity contribution in [1.82, 2.24) is 14.1 Å². The topological polar surface area (TPSA) is 95.2 Å². The zero-order valence-electron chi connectivity index (χ0n) is 20.4. The Hall–Kier alpha value is -2.90. The fourth-order valence-corrected chi connectivity index (χ4v) is 4.26. The summed E-state index contributed by atoms with van der Waals surface area (Å²) >= 11 is 0. The number of nitrogens with zero attached hydrogens (tertiary/aromatic N) is 3. The molecule has 8 heteroatoms. The van der Waals surface area contributed by atoms with E-state index in [9.17, 15) is 14.4 Å². The number of carbonyl (C=O) groups is 1. The number of rotatable bonds is 9. The molecule has 8 nitrogen and oxygen atoms in total. The van der Waals surface area contributed by atoms with Gasteiger partial charge in [-0.1, -0.05) is 19.8 Å². The van der Waals surface area contributed by atoms with Crippen molar-refractivity contribution in [3.63, 3.8) is 0 Å². The van der Waals surface area contributed by atoms with Crippen molar-refractivity contribution >= 4 is 17.4 Å². The van der Waals surface area contributed by atoms with E-state index in [0.717, 1.165) is 47.3 Å². The molecule has 1 saturated carbocycles. The predicted molar refractivity (Wildman–Crippen MR) is 129 cm³/mol. The van der Waals surface area contributed by atoms with Gasteiger partial charge >= 0.3 is 11.4 Å². The molecule has 180 valence electrons. The third-order valence-electron chi connectivity index (χ3n) is 6.21. The number of anilines is 2. The summed E-state index contributed by atoms with van der Waals surface area (Å²) in [6.45, 7) is 10.1. The van der Waals surface area contributed by atoms with Gasteiger partial charge in [0, 0.05) is 25.2 Å². The Bertz CT molecular complexity index is 1090. The van der Waals surface area contributed by atoms with E-state index in [1.54, 1.807) is 4.57 Å². The lowest BCUT2D eigenvalue weighted by Gasteiger charge is -2.27. The van der Waals surface area contributed by atoms with Gasteiger partial charge in [0.2, 0.25) is 5.95 Å². The number of ether oxygens (including phenoxy) is 1. The Labute approximate surface area is 195 Å². The molecule has 33 heavy (non-hydrogen) atoms. The molecule has 1 heterocycles. The molecule has 0 saturated heterocycles. The van der Waals surface area contributed by atoms with Crippen LogP contribution in [-0.4, -0.2) is 26.0 Å². The van der Waals surface area contributed by atoms with E-state index in [1.165, 1.54) is 6.92 Å². The summed E-state index contributed by atoms with van der Waals surface area (Å²) in [4.78, 5) is 41.6. The minimum Gasteiger partial charge on any atom is -0.491 e. The average molecular weight is 457 g/mol. The Morgan fingerprint density at radius 2 is 1.88 bits per heavy atom. The largest absolute Gasteiger partial charge is 0.491 e. The predicted octanol–water partition coefficient (Wildman–Crippen LogP) is 4.05. The van der Waals surface area contributed by atoms with Gasteiger partial charge in [-0.2, -0.15) is 4.98 Å². The van der Waals surface area contributed by atoms with E-state index in [2.05, 4.69) is 17.2 Å². The molecular weight excluding hydrogens is 420 g/mol. The number of nitrogens with one attached hydrogen (secondary N) is 1. The summed E-state index contributed by atoms with van der Waals surface area (Å²) in [7, 11) is 0. The zero-order chi connectivity index (χ0) is 24.1. The molecule has 0 radical (unpaired) electrons. The third-order valence-corrected chi connectivity index (χ3v) is 6.21. The van der Waals surface area contributed by atoms with E-state index >= 15 is 0 Å². The number of hydrogen-bond acceptors (Lipinski definition) is 6. The second-order valence-electron chi connectivity index (χ2n) is 9.61. The summed E-state index contributed by atoms with van der Waals surface area (Å²) in [5.41, 5.74) is 0.601. The van der Waals surface area contributed by atoms with E-state index in [0.29, 0.717) is 18.4 Å². The van der Waals surface area contributed by atoms with Crippen LogP contribution in [0.2, 0.25) is 0 Å². The Morgan fingerprint density at radius 1 is 1.18 bits per heavy atom. The zero-order valence-corrected chi connectivity index (χ0v) is 20.4. The molecule has 0 spiro atoms.